The van der Waals surface area contributed by atoms with Crippen molar-refractivity contribution in [3.63, 3.8) is 0 Å². The molecule has 85 valence electrons. The minimum atomic E-state index is -0.569. The first kappa shape index (κ1) is 11.4. The van der Waals surface area contributed by atoms with Crippen LogP contribution in [0.3, 0.4) is 0 Å². The highest BCUT2D eigenvalue weighted by Gasteiger charge is 2.23. The molecule has 0 bridgehead atoms. The number of nitrogens with zero attached hydrogens (tertiary/aromatic N) is 2. The molecule has 0 saturated carbocycles. The predicted octanol–water partition coefficient (Wildman–Crippen LogP) is 1.54. The van der Waals surface area contributed by atoms with Crippen LogP contribution in [0.15, 0.2) is 18.2 Å². The second-order valence-corrected chi connectivity index (χ2v) is 3.97. The van der Waals surface area contributed by atoms with Gasteiger partial charge in [-0.15, -0.1) is 0 Å². The van der Waals surface area contributed by atoms with Crippen LogP contribution < -0.4 is 5.32 Å². The molecule has 1 heterocycles. The molecule has 0 unspecified atom stereocenters. The zero-order valence-electron chi connectivity index (χ0n) is 8.62. The number of benzene rings is 1. The molecule has 0 N–H and O–H groups in total. The third-order valence-corrected chi connectivity index (χ3v) is 2.83. The molecule has 2 rings (SSSR count). The lowest BCUT2D eigenvalue weighted by Crippen LogP contribution is -2.44. The highest BCUT2D eigenvalue weighted by Crippen LogP contribution is 2.20. The normalized spacial score (nSPS) is 16.2. The molecule has 1 radical (unpaired) electrons. The number of piperazine rings is 1. The fourth-order valence-corrected chi connectivity index (χ4v) is 1.91. The molecule has 1 saturated heterocycles. The van der Waals surface area contributed by atoms with E-state index in [1.165, 1.54) is 18.2 Å². The van der Waals surface area contributed by atoms with Gasteiger partial charge >= 0.3 is 0 Å². The summed E-state index contributed by atoms with van der Waals surface area (Å²) in [5.41, 5.74) is -0.0360. The van der Waals surface area contributed by atoms with Crippen LogP contribution in [-0.4, -0.2) is 37.0 Å². The van der Waals surface area contributed by atoms with E-state index >= 15 is 0 Å². The van der Waals surface area contributed by atoms with E-state index in [-0.39, 0.29) is 16.5 Å². The van der Waals surface area contributed by atoms with Gasteiger partial charge in [-0.3, -0.25) is 4.79 Å². The van der Waals surface area contributed by atoms with Crippen LogP contribution in [0, 0.1) is 5.82 Å². The summed E-state index contributed by atoms with van der Waals surface area (Å²) in [6.45, 7) is 2.28. The van der Waals surface area contributed by atoms with Crippen LogP contribution in [0.5, 0.6) is 0 Å². The van der Waals surface area contributed by atoms with E-state index in [2.05, 4.69) is 5.32 Å². The van der Waals surface area contributed by atoms with Crippen LogP contribution >= 0.6 is 11.6 Å². The summed E-state index contributed by atoms with van der Waals surface area (Å²) in [4.78, 5) is 13.6. The van der Waals surface area contributed by atoms with E-state index < -0.39 is 5.82 Å². The number of carbonyl (C=O) groups is 1. The van der Waals surface area contributed by atoms with E-state index in [1.807, 2.05) is 0 Å². The van der Waals surface area contributed by atoms with Crippen molar-refractivity contribution in [1.29, 1.82) is 0 Å². The molecule has 0 aliphatic carbocycles. The first-order chi connectivity index (χ1) is 7.70. The Morgan fingerprint density at radius 1 is 1.38 bits per heavy atom. The second kappa shape index (κ2) is 4.80. The lowest BCUT2D eigenvalue weighted by Gasteiger charge is -2.26. The van der Waals surface area contributed by atoms with E-state index in [9.17, 15) is 9.18 Å². The van der Waals surface area contributed by atoms with Crippen molar-refractivity contribution in [2.24, 2.45) is 0 Å². The number of amides is 1. The summed E-state index contributed by atoms with van der Waals surface area (Å²) in [6.07, 6.45) is 0. The summed E-state index contributed by atoms with van der Waals surface area (Å²) < 4.78 is 13.5. The summed E-state index contributed by atoms with van der Waals surface area (Å²) in [7, 11) is 0. The lowest BCUT2D eigenvalue weighted by molar-refractivity contribution is 0.0729. The maximum atomic E-state index is 13.5. The van der Waals surface area contributed by atoms with Crippen molar-refractivity contribution in [3.8, 4) is 0 Å². The largest absolute Gasteiger partial charge is 0.336 e. The molecule has 0 aromatic heterocycles. The first-order valence-electron chi connectivity index (χ1n) is 5.06. The molecule has 3 nitrogen and oxygen atoms in total. The van der Waals surface area contributed by atoms with Gasteiger partial charge < -0.3 is 4.90 Å². The highest BCUT2D eigenvalue weighted by atomic mass is 35.5. The van der Waals surface area contributed by atoms with Gasteiger partial charge in [-0.05, 0) is 12.1 Å². The van der Waals surface area contributed by atoms with Gasteiger partial charge in [0, 0.05) is 26.2 Å². The molecule has 1 fully saturated rings. The van der Waals surface area contributed by atoms with Gasteiger partial charge in [0.15, 0.2) is 0 Å². The Kier molecular flexibility index (Phi) is 3.41. The van der Waals surface area contributed by atoms with E-state index in [0.29, 0.717) is 26.2 Å². The van der Waals surface area contributed by atoms with E-state index in [4.69, 9.17) is 11.6 Å². The van der Waals surface area contributed by atoms with Gasteiger partial charge in [0.1, 0.15) is 5.82 Å². The quantitative estimate of drug-likeness (QED) is 0.735. The van der Waals surface area contributed by atoms with Gasteiger partial charge in [-0.25, -0.2) is 9.71 Å². The van der Waals surface area contributed by atoms with Crippen molar-refractivity contribution in [1.82, 2.24) is 10.2 Å². The maximum absolute atomic E-state index is 13.5. The fraction of sp³-hybridized carbons (Fsp3) is 0.364. The van der Waals surface area contributed by atoms with Crippen LogP contribution in [0.25, 0.3) is 0 Å². The monoisotopic (exact) mass is 241 g/mol. The van der Waals surface area contributed by atoms with Crippen molar-refractivity contribution in [3.05, 3.63) is 34.6 Å². The molecule has 5 heteroatoms. The first-order valence-corrected chi connectivity index (χ1v) is 5.44. The van der Waals surface area contributed by atoms with Gasteiger partial charge in [0.05, 0.1) is 10.6 Å². The lowest BCUT2D eigenvalue weighted by atomic mass is 10.1. The second-order valence-electron chi connectivity index (χ2n) is 3.56. The molecule has 0 spiro atoms. The number of hydrogen-bond acceptors (Lipinski definition) is 1. The minimum Gasteiger partial charge on any atom is -0.336 e. The number of carbonyl (C=O) groups excluding carboxylic acids is 1. The van der Waals surface area contributed by atoms with Gasteiger partial charge in [-0.1, -0.05) is 17.7 Å². The number of halogens is 2. The van der Waals surface area contributed by atoms with Crippen molar-refractivity contribution in [2.45, 2.75) is 0 Å². The third kappa shape index (κ3) is 2.18. The van der Waals surface area contributed by atoms with Gasteiger partial charge in [-0.2, -0.15) is 0 Å². The predicted molar refractivity (Wildman–Crippen MR) is 59.2 cm³/mol. The molecule has 16 heavy (non-hydrogen) atoms. The summed E-state index contributed by atoms with van der Waals surface area (Å²) in [5.74, 6) is -0.919. The topological polar surface area (TPSA) is 34.4 Å². The van der Waals surface area contributed by atoms with Gasteiger partial charge in [0.25, 0.3) is 5.91 Å². The van der Waals surface area contributed by atoms with Crippen molar-refractivity contribution < 1.29 is 9.18 Å². The fourth-order valence-electron chi connectivity index (χ4n) is 1.67. The Morgan fingerprint density at radius 3 is 2.69 bits per heavy atom. The molecule has 1 aromatic rings. The minimum absolute atomic E-state index is 0.0360. The number of hydrogen-bond donors (Lipinski definition) is 0. The average Bonchev–Trinajstić information content (AvgIpc) is 2.30. The zero-order chi connectivity index (χ0) is 11.5. The van der Waals surface area contributed by atoms with Crippen LogP contribution in [0.1, 0.15) is 10.4 Å². The summed E-state index contributed by atoms with van der Waals surface area (Å²) >= 11 is 5.83. The molecule has 1 aliphatic rings. The summed E-state index contributed by atoms with van der Waals surface area (Å²) in [5, 5.41) is 4.29. The van der Waals surface area contributed by atoms with Crippen molar-refractivity contribution in [2.75, 3.05) is 26.2 Å². The van der Waals surface area contributed by atoms with E-state index in [0.717, 1.165) is 0 Å². The molecule has 1 aromatic carbocycles. The Hall–Kier alpha value is -1.13. The molecular formula is C11H11ClFN2O. The molecule has 1 amide bonds. The van der Waals surface area contributed by atoms with Crippen LogP contribution in [0.2, 0.25) is 5.02 Å². The number of rotatable bonds is 1. The molecular weight excluding hydrogens is 231 g/mol. The Bertz CT molecular complexity index is 385. The average molecular weight is 242 g/mol. The summed E-state index contributed by atoms with van der Waals surface area (Å²) in [6, 6.07) is 4.25. The highest BCUT2D eigenvalue weighted by molar-refractivity contribution is 6.33. The van der Waals surface area contributed by atoms with Crippen LogP contribution in [-0.2, 0) is 0 Å². The smallest absolute Gasteiger partial charge is 0.258 e. The third-order valence-electron chi connectivity index (χ3n) is 2.52. The Labute approximate surface area is 98.2 Å². The SMILES string of the molecule is O=C(c1c(F)cccc1Cl)N1CC[N]CC1. The van der Waals surface area contributed by atoms with Crippen LogP contribution in [0.4, 0.5) is 4.39 Å². The zero-order valence-corrected chi connectivity index (χ0v) is 9.38. The van der Waals surface area contributed by atoms with Crippen molar-refractivity contribution >= 4 is 17.5 Å². The Balaban J connectivity index is 2.26. The van der Waals surface area contributed by atoms with Gasteiger partial charge in [0.2, 0.25) is 0 Å². The molecule has 1 aliphatic heterocycles. The standard InChI is InChI=1S/C11H11ClFN2O/c12-8-2-1-3-9(13)10(8)11(16)15-6-4-14-5-7-15/h1-3H,4-7H2. The van der Waals surface area contributed by atoms with E-state index in [1.54, 1.807) is 4.90 Å². The molecule has 0 atom stereocenters. The Morgan fingerprint density at radius 2 is 2.06 bits per heavy atom. The maximum Gasteiger partial charge on any atom is 0.258 e.